The second kappa shape index (κ2) is 5.93. The first kappa shape index (κ1) is 15.0. The van der Waals surface area contributed by atoms with Crippen LogP contribution in [0.5, 0.6) is 0 Å². The molecule has 4 aromatic heterocycles. The molecule has 0 bridgehead atoms. The van der Waals surface area contributed by atoms with Crippen molar-refractivity contribution in [3.05, 3.63) is 71.9 Å². The molecule has 7 heteroatoms. The van der Waals surface area contributed by atoms with E-state index in [1.807, 2.05) is 42.7 Å². The van der Waals surface area contributed by atoms with Crippen LogP contribution in [0.2, 0.25) is 5.02 Å². The van der Waals surface area contributed by atoms with Gasteiger partial charge in [-0.05, 0) is 23.8 Å². The second-order valence-corrected chi connectivity index (χ2v) is 6.40. The SMILES string of the molecule is Clc1cccc(CNc2c3cnccc3nc3c2nn2ccncc32)c1. The number of rotatable bonds is 3. The predicted molar refractivity (Wildman–Crippen MR) is 102 cm³/mol. The van der Waals surface area contributed by atoms with E-state index in [1.165, 1.54) is 0 Å². The van der Waals surface area contributed by atoms with Gasteiger partial charge in [0.15, 0.2) is 0 Å². The smallest absolute Gasteiger partial charge is 0.136 e. The Labute approximate surface area is 153 Å². The monoisotopic (exact) mass is 360 g/mol. The number of nitrogens with one attached hydrogen (secondary N) is 1. The van der Waals surface area contributed by atoms with Crippen molar-refractivity contribution in [1.82, 2.24) is 24.6 Å². The Bertz CT molecular complexity index is 1260. The third-order valence-corrected chi connectivity index (χ3v) is 4.54. The summed E-state index contributed by atoms with van der Waals surface area (Å²) in [7, 11) is 0. The van der Waals surface area contributed by atoms with Gasteiger partial charge in [-0.2, -0.15) is 5.10 Å². The van der Waals surface area contributed by atoms with Crippen LogP contribution < -0.4 is 5.32 Å². The molecule has 0 saturated heterocycles. The van der Waals surface area contributed by atoms with Crippen LogP contribution in [0.25, 0.3) is 27.5 Å². The van der Waals surface area contributed by atoms with Crippen molar-refractivity contribution in [2.24, 2.45) is 0 Å². The topological polar surface area (TPSA) is 68.0 Å². The molecule has 0 atom stereocenters. The highest BCUT2D eigenvalue weighted by molar-refractivity contribution is 6.30. The molecule has 6 nitrogen and oxygen atoms in total. The lowest BCUT2D eigenvalue weighted by Crippen LogP contribution is -2.02. The fourth-order valence-electron chi connectivity index (χ4n) is 3.11. The molecule has 5 rings (SSSR count). The van der Waals surface area contributed by atoms with Gasteiger partial charge < -0.3 is 5.32 Å². The third-order valence-electron chi connectivity index (χ3n) is 4.31. The van der Waals surface area contributed by atoms with E-state index < -0.39 is 0 Å². The van der Waals surface area contributed by atoms with Crippen LogP contribution in [0.3, 0.4) is 0 Å². The summed E-state index contributed by atoms with van der Waals surface area (Å²) in [6, 6.07) is 9.69. The normalized spacial score (nSPS) is 11.4. The van der Waals surface area contributed by atoms with Crippen molar-refractivity contribution in [1.29, 1.82) is 0 Å². The number of fused-ring (bicyclic) bond motifs is 4. The molecule has 0 saturated carbocycles. The van der Waals surface area contributed by atoms with Gasteiger partial charge in [0, 0.05) is 41.7 Å². The zero-order valence-corrected chi connectivity index (χ0v) is 14.4. The average Bonchev–Trinajstić information content (AvgIpc) is 3.03. The van der Waals surface area contributed by atoms with Gasteiger partial charge in [-0.1, -0.05) is 23.7 Å². The quantitative estimate of drug-likeness (QED) is 0.525. The minimum Gasteiger partial charge on any atom is -0.379 e. The lowest BCUT2D eigenvalue weighted by atomic mass is 10.1. The van der Waals surface area contributed by atoms with Gasteiger partial charge in [-0.25, -0.2) is 9.50 Å². The number of aromatic nitrogens is 5. The van der Waals surface area contributed by atoms with Crippen molar-refractivity contribution < 1.29 is 0 Å². The molecule has 0 unspecified atom stereocenters. The minimum atomic E-state index is 0.621. The molecule has 1 N–H and O–H groups in total. The molecule has 0 aliphatic rings. The first-order valence-electron chi connectivity index (χ1n) is 8.14. The number of pyridine rings is 2. The Balaban J connectivity index is 1.72. The summed E-state index contributed by atoms with van der Waals surface area (Å²) in [6.07, 6.45) is 8.85. The van der Waals surface area contributed by atoms with Crippen molar-refractivity contribution in [3.63, 3.8) is 0 Å². The molecular weight excluding hydrogens is 348 g/mol. The van der Waals surface area contributed by atoms with Gasteiger partial charge in [0.2, 0.25) is 0 Å². The van der Waals surface area contributed by atoms with Crippen LogP contribution in [0, 0.1) is 0 Å². The first-order valence-corrected chi connectivity index (χ1v) is 8.51. The molecule has 0 radical (unpaired) electrons. The Morgan fingerprint density at radius 3 is 2.88 bits per heavy atom. The molecule has 0 spiro atoms. The van der Waals surface area contributed by atoms with Crippen LogP contribution in [0.1, 0.15) is 5.56 Å². The fraction of sp³-hybridized carbons (Fsp3) is 0.0526. The molecule has 0 aliphatic carbocycles. The molecule has 1 aromatic carbocycles. The Hall–Kier alpha value is -3.25. The molecule has 126 valence electrons. The van der Waals surface area contributed by atoms with Crippen LogP contribution >= 0.6 is 11.6 Å². The van der Waals surface area contributed by atoms with Crippen molar-refractivity contribution in [3.8, 4) is 0 Å². The van der Waals surface area contributed by atoms with Gasteiger partial charge in [0.1, 0.15) is 16.6 Å². The van der Waals surface area contributed by atoms with E-state index in [2.05, 4.69) is 15.3 Å². The minimum absolute atomic E-state index is 0.621. The Morgan fingerprint density at radius 2 is 1.96 bits per heavy atom. The molecule has 26 heavy (non-hydrogen) atoms. The number of hydrogen-bond donors (Lipinski definition) is 1. The number of hydrogen-bond acceptors (Lipinski definition) is 5. The number of benzene rings is 1. The van der Waals surface area contributed by atoms with E-state index in [0.29, 0.717) is 6.54 Å². The maximum Gasteiger partial charge on any atom is 0.136 e. The summed E-state index contributed by atoms with van der Waals surface area (Å²) in [5.41, 5.74) is 5.32. The van der Waals surface area contributed by atoms with Crippen LogP contribution in [0.4, 0.5) is 5.69 Å². The average molecular weight is 361 g/mol. The maximum absolute atomic E-state index is 6.10. The summed E-state index contributed by atoms with van der Waals surface area (Å²) in [4.78, 5) is 13.2. The number of halogens is 1. The maximum atomic E-state index is 6.10. The molecular formula is C19H13ClN6. The standard InChI is InChI=1S/C19H13ClN6/c20-13-3-1-2-12(8-13)9-23-17-14-10-21-5-4-15(14)24-18-16-11-22-6-7-26(16)25-19(17)18/h1-8,10-11,23H,9H2. The van der Waals surface area contributed by atoms with E-state index in [0.717, 1.165) is 43.7 Å². The highest BCUT2D eigenvalue weighted by Gasteiger charge is 2.15. The molecule has 5 aromatic rings. The predicted octanol–water partition coefficient (Wildman–Crippen LogP) is 4.09. The van der Waals surface area contributed by atoms with Crippen LogP contribution in [0.15, 0.2) is 61.3 Å². The van der Waals surface area contributed by atoms with E-state index in [-0.39, 0.29) is 0 Å². The molecule has 0 aliphatic heterocycles. The lowest BCUT2D eigenvalue weighted by Gasteiger charge is -2.10. The van der Waals surface area contributed by atoms with E-state index in [4.69, 9.17) is 21.7 Å². The first-order chi connectivity index (χ1) is 12.8. The summed E-state index contributed by atoms with van der Waals surface area (Å²) in [5.74, 6) is 0. The van der Waals surface area contributed by atoms with Crippen molar-refractivity contribution in [2.45, 2.75) is 6.54 Å². The molecule has 0 fully saturated rings. The number of anilines is 1. The number of nitrogens with zero attached hydrogens (tertiary/aromatic N) is 5. The van der Waals surface area contributed by atoms with Gasteiger partial charge in [-0.15, -0.1) is 0 Å². The van der Waals surface area contributed by atoms with Crippen LogP contribution in [-0.4, -0.2) is 24.6 Å². The van der Waals surface area contributed by atoms with Crippen LogP contribution in [-0.2, 0) is 6.54 Å². The Kier molecular flexibility index (Phi) is 3.43. The molecule has 0 amide bonds. The highest BCUT2D eigenvalue weighted by atomic mass is 35.5. The van der Waals surface area contributed by atoms with E-state index in [1.54, 1.807) is 23.1 Å². The lowest BCUT2D eigenvalue weighted by molar-refractivity contribution is 0.963. The molecule has 4 heterocycles. The highest BCUT2D eigenvalue weighted by Crippen LogP contribution is 2.31. The van der Waals surface area contributed by atoms with E-state index in [9.17, 15) is 0 Å². The van der Waals surface area contributed by atoms with Gasteiger partial charge in [-0.3, -0.25) is 9.97 Å². The Morgan fingerprint density at radius 1 is 1.04 bits per heavy atom. The zero-order chi connectivity index (χ0) is 17.5. The van der Waals surface area contributed by atoms with Gasteiger partial charge >= 0.3 is 0 Å². The van der Waals surface area contributed by atoms with Crippen molar-refractivity contribution in [2.75, 3.05) is 5.32 Å². The van der Waals surface area contributed by atoms with Crippen molar-refractivity contribution >= 4 is 44.7 Å². The fourth-order valence-corrected chi connectivity index (χ4v) is 3.32. The summed E-state index contributed by atoms with van der Waals surface area (Å²) in [5, 5.41) is 9.84. The second-order valence-electron chi connectivity index (χ2n) is 5.97. The van der Waals surface area contributed by atoms with Gasteiger partial charge in [0.25, 0.3) is 0 Å². The third kappa shape index (κ3) is 2.43. The zero-order valence-electron chi connectivity index (χ0n) is 13.6. The summed E-state index contributed by atoms with van der Waals surface area (Å²) in [6.45, 7) is 0.621. The summed E-state index contributed by atoms with van der Waals surface area (Å²) >= 11 is 6.10. The summed E-state index contributed by atoms with van der Waals surface area (Å²) < 4.78 is 1.79. The largest absolute Gasteiger partial charge is 0.379 e. The van der Waals surface area contributed by atoms with Gasteiger partial charge in [0.05, 0.1) is 17.4 Å². The van der Waals surface area contributed by atoms with E-state index >= 15 is 0 Å².